The number of nitrogens with zero attached hydrogens (tertiary/aromatic N) is 1. The Balaban J connectivity index is 2.59. The van der Waals surface area contributed by atoms with E-state index in [-0.39, 0.29) is 0 Å². The van der Waals surface area contributed by atoms with Crippen LogP contribution in [0.25, 0.3) is 10.8 Å². The molecule has 0 radical (unpaired) electrons. The number of isocyanates is 1. The summed E-state index contributed by atoms with van der Waals surface area (Å²) < 4.78 is 0. The Morgan fingerprint density at radius 2 is 1.75 bits per heavy atom. The first-order chi connectivity index (χ1) is 7.63. The predicted molar refractivity (Wildman–Crippen MR) is 65.1 cm³/mol. The van der Waals surface area contributed by atoms with Crippen LogP contribution in [0.5, 0.6) is 0 Å². The van der Waals surface area contributed by atoms with Crippen molar-refractivity contribution in [3.8, 4) is 0 Å². The van der Waals surface area contributed by atoms with E-state index in [0.717, 1.165) is 10.9 Å². The molecule has 0 heterocycles. The molecule has 2 heteroatoms. The zero-order valence-electron chi connectivity index (χ0n) is 9.40. The lowest BCUT2D eigenvalue weighted by Gasteiger charge is -2.18. The van der Waals surface area contributed by atoms with Gasteiger partial charge in [-0.2, -0.15) is 4.99 Å². The second-order valence-corrected chi connectivity index (χ2v) is 4.32. The maximum absolute atomic E-state index is 10.4. The average molecular weight is 211 g/mol. The van der Waals surface area contributed by atoms with Crippen LogP contribution in [0.2, 0.25) is 0 Å². The number of rotatable bonds is 2. The lowest BCUT2D eigenvalue weighted by Crippen LogP contribution is -2.13. The SMILES string of the molecule is CC(C)(N=C=O)c1ccc2ccccc2c1. The zero-order chi connectivity index (χ0) is 11.6. The van der Waals surface area contributed by atoms with E-state index in [1.54, 1.807) is 6.08 Å². The van der Waals surface area contributed by atoms with E-state index in [1.807, 2.05) is 38.1 Å². The maximum atomic E-state index is 10.4. The molecule has 0 amide bonds. The lowest BCUT2D eigenvalue weighted by atomic mass is 9.93. The predicted octanol–water partition coefficient (Wildman–Crippen LogP) is 3.41. The molecular formula is C14H13NO. The molecule has 0 saturated carbocycles. The molecule has 0 aliphatic heterocycles. The second kappa shape index (κ2) is 3.92. The van der Waals surface area contributed by atoms with Crippen molar-refractivity contribution < 1.29 is 4.79 Å². The summed E-state index contributed by atoms with van der Waals surface area (Å²) in [6, 6.07) is 14.2. The van der Waals surface area contributed by atoms with Gasteiger partial charge in [-0.3, -0.25) is 0 Å². The first kappa shape index (κ1) is 10.6. The maximum Gasteiger partial charge on any atom is 0.235 e. The van der Waals surface area contributed by atoms with Crippen LogP contribution in [0, 0.1) is 0 Å². The molecule has 2 rings (SSSR count). The van der Waals surface area contributed by atoms with E-state index < -0.39 is 5.54 Å². The summed E-state index contributed by atoms with van der Waals surface area (Å²) in [6.45, 7) is 3.81. The summed E-state index contributed by atoms with van der Waals surface area (Å²) in [5, 5.41) is 2.35. The molecular weight excluding hydrogens is 198 g/mol. The summed E-state index contributed by atoms with van der Waals surface area (Å²) in [6.07, 6.45) is 1.63. The van der Waals surface area contributed by atoms with Crippen molar-refractivity contribution in [1.82, 2.24) is 0 Å². The molecule has 0 N–H and O–H groups in total. The minimum atomic E-state index is -0.508. The molecule has 2 nitrogen and oxygen atoms in total. The minimum Gasteiger partial charge on any atom is -0.211 e. The van der Waals surface area contributed by atoms with Gasteiger partial charge in [0, 0.05) is 0 Å². The summed E-state index contributed by atoms with van der Waals surface area (Å²) in [5.74, 6) is 0. The van der Waals surface area contributed by atoms with Gasteiger partial charge in [-0.05, 0) is 36.2 Å². The highest BCUT2D eigenvalue weighted by Gasteiger charge is 2.19. The first-order valence-electron chi connectivity index (χ1n) is 5.22. The number of aliphatic imine (C=N–C) groups is 1. The standard InChI is InChI=1S/C14H13NO/c1-14(2,15-10-16)13-8-7-11-5-3-4-6-12(11)9-13/h3-9H,1-2H3. The third-order valence-corrected chi connectivity index (χ3v) is 2.78. The molecule has 0 bridgehead atoms. The van der Waals surface area contributed by atoms with Crippen molar-refractivity contribution in [1.29, 1.82) is 0 Å². The fraction of sp³-hybridized carbons (Fsp3) is 0.214. The van der Waals surface area contributed by atoms with Gasteiger partial charge in [0.05, 0.1) is 5.54 Å². The number of hydrogen-bond acceptors (Lipinski definition) is 2. The molecule has 0 unspecified atom stereocenters. The van der Waals surface area contributed by atoms with Crippen LogP contribution < -0.4 is 0 Å². The van der Waals surface area contributed by atoms with E-state index in [1.165, 1.54) is 5.39 Å². The van der Waals surface area contributed by atoms with E-state index in [0.29, 0.717) is 0 Å². The van der Waals surface area contributed by atoms with Gasteiger partial charge in [0.1, 0.15) is 0 Å². The van der Waals surface area contributed by atoms with Crippen molar-refractivity contribution >= 4 is 16.9 Å². The highest BCUT2D eigenvalue weighted by Crippen LogP contribution is 2.27. The number of hydrogen-bond donors (Lipinski definition) is 0. The monoisotopic (exact) mass is 211 g/mol. The molecule has 0 spiro atoms. The summed E-state index contributed by atoms with van der Waals surface area (Å²) in [4.78, 5) is 14.2. The van der Waals surface area contributed by atoms with Crippen LogP contribution in [-0.2, 0) is 10.3 Å². The fourth-order valence-corrected chi connectivity index (χ4v) is 1.75. The number of fused-ring (bicyclic) bond motifs is 1. The largest absolute Gasteiger partial charge is 0.235 e. The Morgan fingerprint density at radius 1 is 1.06 bits per heavy atom. The minimum absolute atomic E-state index is 0.508. The highest BCUT2D eigenvalue weighted by atomic mass is 16.1. The van der Waals surface area contributed by atoms with Crippen molar-refractivity contribution in [3.05, 3.63) is 48.0 Å². The van der Waals surface area contributed by atoms with Gasteiger partial charge in [-0.1, -0.05) is 36.4 Å². The van der Waals surface area contributed by atoms with Gasteiger partial charge in [-0.25, -0.2) is 4.79 Å². The summed E-state index contributed by atoms with van der Waals surface area (Å²) in [5.41, 5.74) is 0.515. The van der Waals surface area contributed by atoms with E-state index in [4.69, 9.17) is 0 Å². The van der Waals surface area contributed by atoms with E-state index >= 15 is 0 Å². The molecule has 0 atom stereocenters. The molecule has 0 saturated heterocycles. The van der Waals surface area contributed by atoms with Crippen molar-refractivity contribution in [3.63, 3.8) is 0 Å². The van der Waals surface area contributed by atoms with E-state index in [9.17, 15) is 4.79 Å². The molecule has 0 aliphatic rings. The van der Waals surface area contributed by atoms with Crippen molar-refractivity contribution in [2.45, 2.75) is 19.4 Å². The molecule has 16 heavy (non-hydrogen) atoms. The lowest BCUT2D eigenvalue weighted by molar-refractivity contribution is 0.523. The summed E-state index contributed by atoms with van der Waals surface area (Å²) >= 11 is 0. The van der Waals surface area contributed by atoms with Gasteiger partial charge in [0.25, 0.3) is 0 Å². The third-order valence-electron chi connectivity index (χ3n) is 2.78. The number of benzene rings is 2. The van der Waals surface area contributed by atoms with Gasteiger partial charge in [-0.15, -0.1) is 0 Å². The Hall–Kier alpha value is -1.92. The van der Waals surface area contributed by atoms with Crippen LogP contribution in [0.4, 0.5) is 0 Å². The summed E-state index contributed by atoms with van der Waals surface area (Å²) in [7, 11) is 0. The van der Waals surface area contributed by atoms with Crippen LogP contribution >= 0.6 is 0 Å². The molecule has 0 fully saturated rings. The topological polar surface area (TPSA) is 29.4 Å². The van der Waals surface area contributed by atoms with Gasteiger partial charge < -0.3 is 0 Å². The van der Waals surface area contributed by atoms with E-state index in [2.05, 4.69) is 23.2 Å². The second-order valence-electron chi connectivity index (χ2n) is 4.32. The molecule has 2 aromatic carbocycles. The van der Waals surface area contributed by atoms with Crippen LogP contribution in [0.3, 0.4) is 0 Å². The van der Waals surface area contributed by atoms with Gasteiger partial charge in [0.15, 0.2) is 0 Å². The van der Waals surface area contributed by atoms with Crippen LogP contribution in [0.15, 0.2) is 47.5 Å². The molecule has 2 aromatic rings. The Morgan fingerprint density at radius 3 is 2.44 bits per heavy atom. The highest BCUT2D eigenvalue weighted by molar-refractivity contribution is 5.83. The average Bonchev–Trinajstić information content (AvgIpc) is 2.28. The van der Waals surface area contributed by atoms with Gasteiger partial charge in [0.2, 0.25) is 6.08 Å². The Labute approximate surface area is 94.6 Å². The normalized spacial score (nSPS) is 11.1. The van der Waals surface area contributed by atoms with Crippen molar-refractivity contribution in [2.24, 2.45) is 4.99 Å². The Kier molecular flexibility index (Phi) is 2.59. The quantitative estimate of drug-likeness (QED) is 0.553. The molecule has 0 aromatic heterocycles. The van der Waals surface area contributed by atoms with Gasteiger partial charge >= 0.3 is 0 Å². The van der Waals surface area contributed by atoms with Crippen LogP contribution in [0.1, 0.15) is 19.4 Å². The zero-order valence-corrected chi connectivity index (χ0v) is 9.40. The smallest absolute Gasteiger partial charge is 0.211 e. The fourth-order valence-electron chi connectivity index (χ4n) is 1.75. The third kappa shape index (κ3) is 1.88. The van der Waals surface area contributed by atoms with Crippen molar-refractivity contribution in [2.75, 3.05) is 0 Å². The number of carbonyl (C=O) groups excluding carboxylic acids is 1. The molecule has 80 valence electrons. The Bertz CT molecular complexity index is 566. The molecule has 0 aliphatic carbocycles. The first-order valence-corrected chi connectivity index (χ1v) is 5.22. The van der Waals surface area contributed by atoms with Crippen LogP contribution in [-0.4, -0.2) is 6.08 Å².